The van der Waals surface area contributed by atoms with Gasteiger partial charge in [0.05, 0.1) is 28.3 Å². The molecule has 160 valence electrons. The Morgan fingerprint density at radius 1 is 1.26 bits per heavy atom. The van der Waals surface area contributed by atoms with E-state index in [4.69, 9.17) is 51.1 Å². The topological polar surface area (TPSA) is 130 Å². The number of rotatable bonds is 4. The molecule has 1 heterocycles. The van der Waals surface area contributed by atoms with Gasteiger partial charge in [0, 0.05) is 6.21 Å². The molecule has 0 saturated heterocycles. The highest BCUT2D eigenvalue weighted by atomic mass is 35.5. The molecule has 2 aromatic rings. The van der Waals surface area contributed by atoms with E-state index in [1.165, 1.54) is 6.07 Å². The van der Waals surface area contributed by atoms with Gasteiger partial charge in [-0.05, 0) is 12.1 Å². The normalized spacial score (nSPS) is 12.3. The summed E-state index contributed by atoms with van der Waals surface area (Å²) in [6, 6.07) is 4.32. The maximum atomic E-state index is 13.0. The summed E-state index contributed by atoms with van der Waals surface area (Å²) in [6.45, 7) is 0. The number of hydrogen-bond acceptors (Lipinski definition) is 7. The highest BCUT2D eigenvalue weighted by molar-refractivity contribution is 6.38. The fraction of sp³-hybridized carbons (Fsp3) is 0.118. The predicted octanol–water partition coefficient (Wildman–Crippen LogP) is 4.27. The number of benzene rings is 1. The highest BCUT2D eigenvalue weighted by Crippen LogP contribution is 2.39. The van der Waals surface area contributed by atoms with Crippen LogP contribution >= 0.6 is 34.8 Å². The van der Waals surface area contributed by atoms with Crippen LogP contribution in [0.3, 0.4) is 0 Å². The van der Waals surface area contributed by atoms with Gasteiger partial charge >= 0.3 is 12.1 Å². The molecule has 0 aliphatic rings. The minimum Gasteiger partial charge on any atom is -0.464 e. The fourth-order valence-electron chi connectivity index (χ4n) is 2.19. The molecule has 2 N–H and O–H groups in total. The van der Waals surface area contributed by atoms with Crippen LogP contribution in [0.2, 0.25) is 15.2 Å². The average Bonchev–Trinajstić information content (AvgIpc) is 3.02. The molecule has 0 aliphatic heterocycles. The summed E-state index contributed by atoms with van der Waals surface area (Å²) in [4.78, 5) is 15.8. The van der Waals surface area contributed by atoms with Crippen LogP contribution in [0.1, 0.15) is 21.6 Å². The van der Waals surface area contributed by atoms with Crippen LogP contribution in [-0.2, 0) is 10.9 Å². The summed E-state index contributed by atoms with van der Waals surface area (Å²) in [5.74, 6) is -0.989. The molecular weight excluding hydrogens is 484 g/mol. The van der Waals surface area contributed by atoms with Gasteiger partial charge in [0.2, 0.25) is 0 Å². The first-order valence-corrected chi connectivity index (χ1v) is 8.87. The van der Waals surface area contributed by atoms with E-state index in [-0.39, 0.29) is 16.4 Å². The number of nitrogens with two attached hydrogens (primary N) is 1. The van der Waals surface area contributed by atoms with Crippen molar-refractivity contribution in [2.75, 3.05) is 7.11 Å². The average molecular weight is 492 g/mol. The number of ether oxygens (including phenoxy) is 1. The molecule has 0 unspecified atom stereocenters. The summed E-state index contributed by atoms with van der Waals surface area (Å²) in [5.41, 5.74) is 2.39. The van der Waals surface area contributed by atoms with Crippen molar-refractivity contribution < 1.29 is 22.7 Å². The third kappa shape index (κ3) is 4.91. The summed E-state index contributed by atoms with van der Waals surface area (Å²) >= 11 is 18.2. The monoisotopic (exact) mass is 490 g/mol. The Hall–Kier alpha value is -3.25. The molecule has 0 atom stereocenters. The van der Waals surface area contributed by atoms with Crippen LogP contribution in [0.4, 0.5) is 13.2 Å². The molecule has 0 aliphatic carbocycles. The second-order valence-electron chi connectivity index (χ2n) is 5.49. The van der Waals surface area contributed by atoms with Gasteiger partial charge < -0.3 is 10.5 Å². The molecule has 0 fully saturated rings. The van der Waals surface area contributed by atoms with Gasteiger partial charge in [-0.25, -0.2) is 14.5 Å². The summed E-state index contributed by atoms with van der Waals surface area (Å²) in [6.07, 6.45) is -3.80. The lowest BCUT2D eigenvalue weighted by molar-refractivity contribution is -0.137. The number of carbonyl (C=O) groups is 1. The number of carbonyl (C=O) groups excluding carboxylic acids is 1. The van der Waals surface area contributed by atoms with E-state index in [1.807, 2.05) is 0 Å². The smallest absolute Gasteiger partial charge is 0.416 e. The van der Waals surface area contributed by atoms with Crippen molar-refractivity contribution in [3.8, 4) is 17.8 Å². The molecule has 14 heteroatoms. The molecule has 0 bridgehead atoms. The van der Waals surface area contributed by atoms with Crippen molar-refractivity contribution in [2.45, 2.75) is 6.18 Å². The van der Waals surface area contributed by atoms with Crippen molar-refractivity contribution in [1.29, 1.82) is 10.5 Å². The zero-order chi connectivity index (χ0) is 23.5. The Morgan fingerprint density at radius 3 is 2.29 bits per heavy atom. The van der Waals surface area contributed by atoms with Gasteiger partial charge in [-0.15, -0.1) is 0 Å². The maximum absolute atomic E-state index is 13.0. The quantitative estimate of drug-likeness (QED) is 0.386. The highest BCUT2D eigenvalue weighted by Gasteiger charge is 2.33. The van der Waals surface area contributed by atoms with Crippen LogP contribution in [0.25, 0.3) is 5.69 Å². The van der Waals surface area contributed by atoms with Crippen LogP contribution < -0.4 is 5.73 Å². The second kappa shape index (κ2) is 9.27. The number of aliphatic imine (C=N–C) groups is 1. The number of nitriles is 2. The predicted molar refractivity (Wildman–Crippen MR) is 105 cm³/mol. The van der Waals surface area contributed by atoms with Crippen molar-refractivity contribution >= 4 is 47.0 Å². The minimum absolute atomic E-state index is 0.195. The molecule has 31 heavy (non-hydrogen) atoms. The van der Waals surface area contributed by atoms with Crippen LogP contribution in [0.5, 0.6) is 0 Å². The molecule has 0 amide bonds. The van der Waals surface area contributed by atoms with Gasteiger partial charge in [0.15, 0.2) is 11.4 Å². The first-order chi connectivity index (χ1) is 14.5. The standard InChI is InChI=1S/C17H8Cl3F3N6O2/c1-31-16(30)13-8(6-27-12(5-25)11(26)4-24)15(20)29(28-13)14-9(18)2-7(3-10(14)19)17(21,22)23/h2-3,6H,26H2,1H3. The lowest BCUT2D eigenvalue weighted by Crippen LogP contribution is -2.08. The SMILES string of the molecule is COC(=O)c1nn(-c2c(Cl)cc(C(F)(F)F)cc2Cl)c(Cl)c1C=NC(C#N)=C(N)C#N. The Morgan fingerprint density at radius 2 is 1.84 bits per heavy atom. The number of aromatic nitrogens is 2. The first kappa shape index (κ1) is 24.0. The Bertz CT molecular complexity index is 1180. The van der Waals surface area contributed by atoms with E-state index >= 15 is 0 Å². The lowest BCUT2D eigenvalue weighted by atomic mass is 10.2. The Labute approximate surface area is 187 Å². The molecule has 8 nitrogen and oxygen atoms in total. The molecule has 1 aromatic heterocycles. The lowest BCUT2D eigenvalue weighted by Gasteiger charge is -2.12. The van der Waals surface area contributed by atoms with Crippen LogP contribution in [-0.4, -0.2) is 29.1 Å². The van der Waals surface area contributed by atoms with E-state index in [2.05, 4.69) is 14.8 Å². The third-order valence-electron chi connectivity index (χ3n) is 3.60. The van der Waals surface area contributed by atoms with Gasteiger partial charge in [0.1, 0.15) is 28.7 Å². The summed E-state index contributed by atoms with van der Waals surface area (Å²) < 4.78 is 44.3. The number of nitrogens with zero attached hydrogens (tertiary/aromatic N) is 5. The molecule has 2 rings (SSSR count). The maximum Gasteiger partial charge on any atom is 0.416 e. The molecular formula is C17H8Cl3F3N6O2. The zero-order valence-corrected chi connectivity index (χ0v) is 17.4. The van der Waals surface area contributed by atoms with Gasteiger partial charge in [-0.2, -0.15) is 28.8 Å². The van der Waals surface area contributed by atoms with E-state index in [9.17, 15) is 18.0 Å². The Kier molecular flexibility index (Phi) is 7.18. The van der Waals surface area contributed by atoms with Crippen molar-refractivity contribution in [3.05, 3.63) is 55.5 Å². The number of methoxy groups -OCH3 is 1. The number of esters is 1. The summed E-state index contributed by atoms with van der Waals surface area (Å²) in [5, 5.41) is 20.4. The van der Waals surface area contributed by atoms with Crippen molar-refractivity contribution in [1.82, 2.24) is 9.78 Å². The van der Waals surface area contributed by atoms with Gasteiger partial charge in [-0.3, -0.25) is 0 Å². The Balaban J connectivity index is 2.75. The van der Waals surface area contributed by atoms with E-state index in [0.29, 0.717) is 12.1 Å². The second-order valence-corrected chi connectivity index (χ2v) is 6.66. The summed E-state index contributed by atoms with van der Waals surface area (Å²) in [7, 11) is 1.04. The number of halogens is 6. The van der Waals surface area contributed by atoms with E-state index in [1.54, 1.807) is 6.07 Å². The first-order valence-electron chi connectivity index (χ1n) is 7.73. The van der Waals surface area contributed by atoms with Crippen LogP contribution in [0, 0.1) is 22.7 Å². The third-order valence-corrected chi connectivity index (χ3v) is 4.54. The van der Waals surface area contributed by atoms with Crippen molar-refractivity contribution in [3.63, 3.8) is 0 Å². The number of hydrogen-bond donors (Lipinski definition) is 1. The van der Waals surface area contributed by atoms with E-state index in [0.717, 1.165) is 18.0 Å². The van der Waals surface area contributed by atoms with E-state index < -0.39 is 44.8 Å². The van der Waals surface area contributed by atoms with Gasteiger partial charge in [-0.1, -0.05) is 34.8 Å². The molecule has 0 saturated carbocycles. The fourth-order valence-corrected chi connectivity index (χ4v) is 3.10. The minimum atomic E-state index is -4.71. The molecule has 0 spiro atoms. The zero-order valence-electron chi connectivity index (χ0n) is 15.1. The van der Waals surface area contributed by atoms with Crippen molar-refractivity contribution in [2.24, 2.45) is 10.7 Å². The molecule has 0 radical (unpaired) electrons. The largest absolute Gasteiger partial charge is 0.464 e. The van der Waals surface area contributed by atoms with Crippen LogP contribution in [0.15, 0.2) is 28.5 Å². The number of alkyl halides is 3. The number of allylic oxidation sites excluding steroid dienone is 2. The van der Waals surface area contributed by atoms with Gasteiger partial charge in [0.25, 0.3) is 0 Å². The molecule has 1 aromatic carbocycles.